The first-order chi connectivity index (χ1) is 14.2. The Hall–Kier alpha value is -2.86. The maximum absolute atomic E-state index is 6.03. The maximum atomic E-state index is 6.03. The SMILES string of the molecule is CCOc1ccccc1N1CC[NH+]([C@H](C)c2nnc(-c3cccc(C)c3)o2)CC1. The van der Waals surface area contributed by atoms with Crippen molar-refractivity contribution in [1.82, 2.24) is 10.2 Å². The van der Waals surface area contributed by atoms with E-state index in [9.17, 15) is 0 Å². The zero-order valence-corrected chi connectivity index (χ0v) is 17.4. The summed E-state index contributed by atoms with van der Waals surface area (Å²) < 4.78 is 11.8. The molecule has 0 saturated carbocycles. The Morgan fingerprint density at radius 1 is 1.10 bits per heavy atom. The van der Waals surface area contributed by atoms with Crippen molar-refractivity contribution in [2.45, 2.75) is 26.8 Å². The van der Waals surface area contributed by atoms with Crippen molar-refractivity contribution in [2.75, 3.05) is 37.7 Å². The highest BCUT2D eigenvalue weighted by atomic mass is 16.5. The zero-order valence-electron chi connectivity index (χ0n) is 17.4. The Labute approximate surface area is 172 Å². The van der Waals surface area contributed by atoms with Crippen LogP contribution in [0.3, 0.4) is 0 Å². The fourth-order valence-electron chi connectivity index (χ4n) is 3.94. The summed E-state index contributed by atoms with van der Waals surface area (Å²) in [6.45, 7) is 10.9. The summed E-state index contributed by atoms with van der Waals surface area (Å²) in [4.78, 5) is 3.88. The minimum absolute atomic E-state index is 0.172. The molecule has 0 bridgehead atoms. The van der Waals surface area contributed by atoms with Crippen LogP contribution >= 0.6 is 0 Å². The highest BCUT2D eigenvalue weighted by molar-refractivity contribution is 5.58. The van der Waals surface area contributed by atoms with Gasteiger partial charge in [0.25, 0.3) is 5.89 Å². The molecule has 0 amide bonds. The first-order valence-corrected chi connectivity index (χ1v) is 10.4. The Morgan fingerprint density at radius 3 is 2.66 bits per heavy atom. The first kappa shape index (κ1) is 19.5. The lowest BCUT2D eigenvalue weighted by atomic mass is 10.1. The van der Waals surface area contributed by atoms with Crippen molar-refractivity contribution < 1.29 is 14.1 Å². The molecule has 3 aromatic rings. The van der Waals surface area contributed by atoms with Gasteiger partial charge in [0.05, 0.1) is 38.5 Å². The van der Waals surface area contributed by atoms with E-state index in [4.69, 9.17) is 9.15 Å². The number of aromatic nitrogens is 2. The van der Waals surface area contributed by atoms with E-state index in [2.05, 4.69) is 53.2 Å². The van der Waals surface area contributed by atoms with Crippen molar-refractivity contribution >= 4 is 5.69 Å². The van der Waals surface area contributed by atoms with Gasteiger partial charge >= 0.3 is 0 Å². The summed E-state index contributed by atoms with van der Waals surface area (Å²) in [6, 6.07) is 16.6. The van der Waals surface area contributed by atoms with Gasteiger partial charge in [-0.1, -0.05) is 29.8 Å². The molecule has 6 nitrogen and oxygen atoms in total. The summed E-state index contributed by atoms with van der Waals surface area (Å²) in [7, 11) is 0. The predicted octanol–water partition coefficient (Wildman–Crippen LogP) is 2.91. The van der Waals surface area contributed by atoms with Crippen molar-refractivity contribution in [2.24, 2.45) is 0 Å². The van der Waals surface area contributed by atoms with Crippen molar-refractivity contribution in [3.8, 4) is 17.2 Å². The third-order valence-electron chi connectivity index (χ3n) is 5.60. The van der Waals surface area contributed by atoms with E-state index in [0.717, 1.165) is 37.5 Å². The largest absolute Gasteiger partial charge is 0.492 e. The normalized spacial score (nSPS) is 16.0. The van der Waals surface area contributed by atoms with E-state index in [0.29, 0.717) is 18.4 Å². The van der Waals surface area contributed by atoms with Gasteiger partial charge in [-0.2, -0.15) is 0 Å². The molecule has 0 spiro atoms. The molecular weight excluding hydrogens is 364 g/mol. The van der Waals surface area contributed by atoms with Crippen molar-refractivity contribution in [3.05, 3.63) is 60.0 Å². The molecule has 1 aliphatic heterocycles. The number of nitrogens with one attached hydrogen (secondary N) is 1. The van der Waals surface area contributed by atoms with Gasteiger partial charge in [0.15, 0.2) is 6.04 Å². The fraction of sp³-hybridized carbons (Fsp3) is 0.391. The van der Waals surface area contributed by atoms with Crippen LogP contribution in [0.5, 0.6) is 5.75 Å². The molecule has 1 atom stereocenters. The van der Waals surface area contributed by atoms with E-state index in [1.54, 1.807) is 0 Å². The molecular formula is C23H29N4O2+. The fourth-order valence-corrected chi connectivity index (χ4v) is 3.94. The lowest BCUT2D eigenvalue weighted by Crippen LogP contribution is -3.14. The van der Waals surface area contributed by atoms with E-state index in [-0.39, 0.29) is 6.04 Å². The van der Waals surface area contributed by atoms with Gasteiger partial charge < -0.3 is 19.0 Å². The molecule has 152 valence electrons. The maximum Gasteiger partial charge on any atom is 0.274 e. The molecule has 1 fully saturated rings. The summed E-state index contributed by atoms with van der Waals surface area (Å²) >= 11 is 0. The molecule has 29 heavy (non-hydrogen) atoms. The zero-order chi connectivity index (χ0) is 20.2. The molecule has 2 heterocycles. The number of hydrogen-bond acceptors (Lipinski definition) is 5. The molecule has 1 saturated heterocycles. The molecule has 1 aromatic heterocycles. The molecule has 6 heteroatoms. The second-order valence-electron chi connectivity index (χ2n) is 7.58. The van der Waals surface area contributed by atoms with Crippen LogP contribution in [-0.4, -0.2) is 43.0 Å². The molecule has 1 aliphatic rings. The summed E-state index contributed by atoms with van der Waals surface area (Å²) in [5, 5.41) is 8.62. The first-order valence-electron chi connectivity index (χ1n) is 10.4. The minimum atomic E-state index is 0.172. The average Bonchev–Trinajstić information content (AvgIpc) is 3.24. The number of anilines is 1. The molecule has 0 radical (unpaired) electrons. The number of piperazine rings is 1. The molecule has 2 aromatic carbocycles. The Bertz CT molecular complexity index is 947. The monoisotopic (exact) mass is 393 g/mol. The standard InChI is InChI=1S/C23H28N4O2/c1-4-28-21-11-6-5-10-20(21)27-14-12-26(13-15-27)18(3)22-24-25-23(29-22)19-9-7-8-17(2)16-19/h5-11,16,18H,4,12-15H2,1-3H3/p+1/t18-/m1/s1. The molecule has 1 N–H and O–H groups in total. The van der Waals surface area contributed by atoms with Crippen LogP contribution in [0.25, 0.3) is 11.5 Å². The number of para-hydroxylation sites is 2. The molecule has 4 rings (SSSR count). The Balaban J connectivity index is 1.42. The minimum Gasteiger partial charge on any atom is -0.492 e. The van der Waals surface area contributed by atoms with Crippen LogP contribution < -0.4 is 14.5 Å². The summed E-state index contributed by atoms with van der Waals surface area (Å²) in [6.07, 6.45) is 0. The number of rotatable bonds is 6. The number of quaternary nitrogens is 1. The topological polar surface area (TPSA) is 55.8 Å². The van der Waals surface area contributed by atoms with Gasteiger partial charge in [0, 0.05) is 5.56 Å². The predicted molar refractivity (Wildman–Crippen MR) is 113 cm³/mol. The second kappa shape index (κ2) is 8.66. The van der Waals surface area contributed by atoms with Gasteiger partial charge in [0.1, 0.15) is 5.75 Å². The molecule has 0 unspecified atom stereocenters. The number of aryl methyl sites for hydroxylation is 1. The van der Waals surface area contributed by atoms with E-state index in [1.165, 1.54) is 16.2 Å². The van der Waals surface area contributed by atoms with Crippen LogP contribution in [-0.2, 0) is 0 Å². The van der Waals surface area contributed by atoms with Gasteiger partial charge in [-0.3, -0.25) is 0 Å². The van der Waals surface area contributed by atoms with E-state index in [1.807, 2.05) is 31.2 Å². The third kappa shape index (κ3) is 4.27. The van der Waals surface area contributed by atoms with Crippen LogP contribution in [0.2, 0.25) is 0 Å². The van der Waals surface area contributed by atoms with Crippen LogP contribution in [0.15, 0.2) is 52.9 Å². The average molecular weight is 394 g/mol. The van der Waals surface area contributed by atoms with Gasteiger partial charge in [-0.15, -0.1) is 10.2 Å². The smallest absolute Gasteiger partial charge is 0.274 e. The van der Waals surface area contributed by atoms with E-state index >= 15 is 0 Å². The highest BCUT2D eigenvalue weighted by Gasteiger charge is 2.30. The second-order valence-corrected chi connectivity index (χ2v) is 7.58. The summed E-state index contributed by atoms with van der Waals surface area (Å²) in [5.41, 5.74) is 3.34. The summed E-state index contributed by atoms with van der Waals surface area (Å²) in [5.74, 6) is 2.27. The number of ether oxygens (including phenoxy) is 1. The van der Waals surface area contributed by atoms with Crippen molar-refractivity contribution in [3.63, 3.8) is 0 Å². The van der Waals surface area contributed by atoms with E-state index < -0.39 is 0 Å². The third-order valence-corrected chi connectivity index (χ3v) is 5.60. The Morgan fingerprint density at radius 2 is 1.90 bits per heavy atom. The van der Waals surface area contributed by atoms with Crippen LogP contribution in [0, 0.1) is 6.92 Å². The lowest BCUT2D eigenvalue weighted by Gasteiger charge is -2.36. The van der Waals surface area contributed by atoms with Crippen LogP contribution in [0.1, 0.15) is 31.3 Å². The number of hydrogen-bond donors (Lipinski definition) is 1. The van der Waals surface area contributed by atoms with Crippen molar-refractivity contribution in [1.29, 1.82) is 0 Å². The highest BCUT2D eigenvalue weighted by Crippen LogP contribution is 2.28. The van der Waals surface area contributed by atoms with Gasteiger partial charge in [0.2, 0.25) is 5.89 Å². The van der Waals surface area contributed by atoms with Gasteiger partial charge in [-0.25, -0.2) is 0 Å². The number of nitrogens with zero attached hydrogens (tertiary/aromatic N) is 3. The van der Waals surface area contributed by atoms with Gasteiger partial charge in [-0.05, 0) is 45.0 Å². The quantitative estimate of drug-likeness (QED) is 0.698. The molecule has 0 aliphatic carbocycles. The Kier molecular flexibility index (Phi) is 5.81. The lowest BCUT2D eigenvalue weighted by molar-refractivity contribution is -0.931. The number of benzene rings is 2. The van der Waals surface area contributed by atoms with Crippen LogP contribution in [0.4, 0.5) is 5.69 Å².